The van der Waals surface area contributed by atoms with E-state index in [0.29, 0.717) is 69.8 Å². The third-order valence-corrected chi connectivity index (χ3v) is 6.54. The molecule has 13 heteroatoms. The molecule has 0 bridgehead atoms. The van der Waals surface area contributed by atoms with Gasteiger partial charge in [0.05, 0.1) is 38.5 Å². The second kappa shape index (κ2) is 11.7. The predicted octanol–water partition coefficient (Wildman–Crippen LogP) is 5.74. The molecule has 0 aliphatic heterocycles. The number of benzene rings is 1. The smallest absolute Gasteiger partial charge is 0.213 e. The quantitative estimate of drug-likeness (QED) is 0.210. The molecule has 4 heterocycles. The zero-order valence-electron chi connectivity index (χ0n) is 21.2. The first-order chi connectivity index (χ1) is 19.0. The van der Waals surface area contributed by atoms with Crippen LogP contribution in [-0.2, 0) is 5.75 Å². The molecule has 0 unspecified atom stereocenters. The number of methoxy groups -OCH3 is 2. The van der Waals surface area contributed by atoms with Crippen molar-refractivity contribution in [2.75, 3.05) is 25.5 Å². The number of hydrogen-bond donors (Lipinski definition) is 1. The molecule has 0 radical (unpaired) electrons. The number of ether oxygens (including phenoxy) is 3. The average Bonchev–Trinajstić information content (AvgIpc) is 3.31. The lowest BCUT2D eigenvalue weighted by molar-refractivity contribution is 0.327. The fraction of sp³-hybridized carbons (Fsp3) is 0.192. The van der Waals surface area contributed by atoms with E-state index in [1.807, 2.05) is 37.3 Å². The number of rotatable bonds is 10. The van der Waals surface area contributed by atoms with Crippen LogP contribution >= 0.6 is 23.5 Å². The Morgan fingerprint density at radius 1 is 0.974 bits per heavy atom. The molecule has 1 aromatic carbocycles. The number of imidazole rings is 1. The Bertz CT molecular complexity index is 1600. The first kappa shape index (κ1) is 26.4. The lowest BCUT2D eigenvalue weighted by Crippen LogP contribution is -2.06. The molecular formula is C26H23ClFN7O3S. The fourth-order valence-corrected chi connectivity index (χ4v) is 4.71. The van der Waals surface area contributed by atoms with Crippen LogP contribution in [0.25, 0.3) is 28.5 Å². The van der Waals surface area contributed by atoms with Crippen LogP contribution < -0.4 is 18.9 Å². The Kier molecular flexibility index (Phi) is 7.94. The van der Waals surface area contributed by atoms with Gasteiger partial charge in [0.25, 0.3) is 0 Å². The van der Waals surface area contributed by atoms with Crippen LogP contribution in [0, 0.1) is 5.82 Å². The second-order valence-electron chi connectivity index (χ2n) is 7.94. The van der Waals surface area contributed by atoms with Gasteiger partial charge in [-0.1, -0.05) is 23.7 Å². The van der Waals surface area contributed by atoms with E-state index in [9.17, 15) is 4.39 Å². The van der Waals surface area contributed by atoms with Gasteiger partial charge in [-0.3, -0.25) is 9.55 Å². The van der Waals surface area contributed by atoms with Crippen molar-refractivity contribution in [3.8, 4) is 34.6 Å². The molecule has 0 amide bonds. The van der Waals surface area contributed by atoms with Gasteiger partial charge in [-0.05, 0) is 49.2 Å². The number of nitrogens with zero attached hydrogens (tertiary/aromatic N) is 6. The topological polar surface area (TPSA) is 109 Å². The molecule has 39 heavy (non-hydrogen) atoms. The summed E-state index contributed by atoms with van der Waals surface area (Å²) in [7, 11) is 3.14. The molecule has 1 N–H and O–H groups in total. The molecule has 0 aliphatic rings. The Morgan fingerprint density at radius 2 is 1.74 bits per heavy atom. The summed E-state index contributed by atoms with van der Waals surface area (Å²) in [5.74, 6) is 2.30. The van der Waals surface area contributed by atoms with Crippen LogP contribution in [0.3, 0.4) is 0 Å². The van der Waals surface area contributed by atoms with Crippen molar-refractivity contribution < 1.29 is 18.6 Å². The maximum atomic E-state index is 13.2. The third-order valence-electron chi connectivity index (χ3n) is 5.50. The maximum Gasteiger partial charge on any atom is 0.213 e. The standard InChI is InChI=1S/C26H23ClFN7O3S/c1-4-38-20-10-5-7-17(30-20)25-33-24-26(35(25)21-18(36-2)8-6-9-19(21)37-3)32-23(22(27)31-24)34-39-14-16-12-11-15(28)13-29-16/h5-13H,4,14H2,1-3H3,(H,32,34). The SMILES string of the molecule is CCOc1cccc(-c2nc3nc(Cl)c(NSCc4ccc(F)cn4)nc3n2-c2c(OC)cccc2OC)n1. The lowest BCUT2D eigenvalue weighted by Gasteiger charge is -2.16. The molecule has 0 atom stereocenters. The Balaban J connectivity index is 1.64. The minimum atomic E-state index is -0.395. The summed E-state index contributed by atoms with van der Waals surface area (Å²) >= 11 is 7.78. The van der Waals surface area contributed by atoms with Crippen LogP contribution in [-0.4, -0.2) is 50.3 Å². The van der Waals surface area contributed by atoms with Crippen LogP contribution in [0.4, 0.5) is 10.2 Å². The summed E-state index contributed by atoms with van der Waals surface area (Å²) in [6, 6.07) is 13.8. The van der Waals surface area contributed by atoms with Crippen molar-refractivity contribution in [3.63, 3.8) is 0 Å². The fourth-order valence-electron chi connectivity index (χ4n) is 3.81. The molecule has 0 aliphatic carbocycles. The number of pyridine rings is 2. The largest absolute Gasteiger partial charge is 0.494 e. The summed E-state index contributed by atoms with van der Waals surface area (Å²) in [4.78, 5) is 22.7. The van der Waals surface area contributed by atoms with Gasteiger partial charge in [0.2, 0.25) is 5.88 Å². The minimum absolute atomic E-state index is 0.126. The van der Waals surface area contributed by atoms with Crippen molar-refractivity contribution >= 4 is 40.7 Å². The molecular weight excluding hydrogens is 545 g/mol. The van der Waals surface area contributed by atoms with Gasteiger partial charge in [0.1, 0.15) is 28.7 Å². The Morgan fingerprint density at radius 3 is 2.44 bits per heavy atom. The summed E-state index contributed by atoms with van der Waals surface area (Å²) in [5, 5.41) is 0.126. The molecule has 0 fully saturated rings. The first-order valence-corrected chi connectivity index (χ1v) is 13.1. The molecule has 10 nitrogen and oxygen atoms in total. The van der Waals surface area contributed by atoms with Crippen molar-refractivity contribution in [1.29, 1.82) is 0 Å². The van der Waals surface area contributed by atoms with Gasteiger partial charge in [-0.15, -0.1) is 0 Å². The van der Waals surface area contributed by atoms with Crippen molar-refractivity contribution in [3.05, 3.63) is 71.4 Å². The van der Waals surface area contributed by atoms with E-state index in [-0.39, 0.29) is 5.15 Å². The van der Waals surface area contributed by atoms with Gasteiger partial charge < -0.3 is 18.9 Å². The van der Waals surface area contributed by atoms with Gasteiger partial charge in [0, 0.05) is 6.07 Å². The van der Waals surface area contributed by atoms with Crippen LogP contribution in [0.5, 0.6) is 17.4 Å². The molecule has 200 valence electrons. The van der Waals surface area contributed by atoms with Crippen molar-refractivity contribution in [2.45, 2.75) is 12.7 Å². The van der Waals surface area contributed by atoms with E-state index in [1.54, 1.807) is 30.9 Å². The second-order valence-corrected chi connectivity index (χ2v) is 9.08. The van der Waals surface area contributed by atoms with E-state index >= 15 is 0 Å². The number of para-hydroxylation sites is 1. The van der Waals surface area contributed by atoms with Crippen LogP contribution in [0.2, 0.25) is 5.15 Å². The Labute approximate surface area is 232 Å². The van der Waals surface area contributed by atoms with Crippen LogP contribution in [0.15, 0.2) is 54.7 Å². The number of hydrogen-bond acceptors (Lipinski definition) is 10. The highest BCUT2D eigenvalue weighted by molar-refractivity contribution is 7.99. The molecule has 0 saturated carbocycles. The monoisotopic (exact) mass is 567 g/mol. The highest BCUT2D eigenvalue weighted by Gasteiger charge is 2.25. The number of aromatic nitrogens is 6. The molecule has 5 aromatic rings. The van der Waals surface area contributed by atoms with Crippen LogP contribution in [0.1, 0.15) is 12.6 Å². The molecule has 0 saturated heterocycles. The van der Waals surface area contributed by atoms with Gasteiger partial charge in [-0.2, -0.15) is 0 Å². The predicted molar refractivity (Wildman–Crippen MR) is 148 cm³/mol. The molecule has 5 rings (SSSR count). The maximum absolute atomic E-state index is 13.2. The van der Waals surface area contributed by atoms with E-state index < -0.39 is 5.82 Å². The first-order valence-electron chi connectivity index (χ1n) is 11.8. The van der Waals surface area contributed by atoms with Gasteiger partial charge >= 0.3 is 0 Å². The van der Waals surface area contributed by atoms with E-state index in [1.165, 1.54) is 24.2 Å². The van der Waals surface area contributed by atoms with Crippen molar-refractivity contribution in [1.82, 2.24) is 29.5 Å². The average molecular weight is 568 g/mol. The number of nitrogens with one attached hydrogen (secondary N) is 1. The Hall–Kier alpha value is -4.16. The van der Waals surface area contributed by atoms with E-state index in [4.69, 9.17) is 35.8 Å². The van der Waals surface area contributed by atoms with E-state index in [0.717, 1.165) is 0 Å². The zero-order valence-corrected chi connectivity index (χ0v) is 22.8. The zero-order chi connectivity index (χ0) is 27.4. The van der Waals surface area contributed by atoms with Crippen molar-refractivity contribution in [2.24, 2.45) is 0 Å². The number of fused-ring (bicyclic) bond motifs is 1. The highest BCUT2D eigenvalue weighted by Crippen LogP contribution is 2.38. The normalized spacial score (nSPS) is 11.0. The highest BCUT2D eigenvalue weighted by atomic mass is 35.5. The molecule has 4 aromatic heterocycles. The van der Waals surface area contributed by atoms with Gasteiger partial charge in [-0.25, -0.2) is 24.3 Å². The lowest BCUT2D eigenvalue weighted by atomic mass is 10.2. The summed E-state index contributed by atoms with van der Waals surface area (Å²) in [6.45, 7) is 2.35. The number of halogens is 2. The molecule has 0 spiro atoms. The number of anilines is 1. The summed E-state index contributed by atoms with van der Waals surface area (Å²) in [6.07, 6.45) is 1.17. The summed E-state index contributed by atoms with van der Waals surface area (Å²) < 4.78 is 35.1. The van der Waals surface area contributed by atoms with E-state index in [2.05, 4.69) is 19.7 Å². The third kappa shape index (κ3) is 5.52. The van der Waals surface area contributed by atoms with Gasteiger partial charge in [0.15, 0.2) is 28.1 Å². The summed E-state index contributed by atoms with van der Waals surface area (Å²) in [5.41, 5.74) is 2.46. The minimum Gasteiger partial charge on any atom is -0.494 e.